The summed E-state index contributed by atoms with van der Waals surface area (Å²) in [5.41, 5.74) is 0.695. The zero-order valence-electron chi connectivity index (χ0n) is 8.89. The second kappa shape index (κ2) is 4.16. The largest absolute Gasteiger partial charge is 0.495 e. The van der Waals surface area contributed by atoms with E-state index in [9.17, 15) is 0 Å². The van der Waals surface area contributed by atoms with Crippen LogP contribution in [0.25, 0.3) is 0 Å². The van der Waals surface area contributed by atoms with Gasteiger partial charge < -0.3 is 4.74 Å². The molecule has 0 aliphatic heterocycles. The number of methoxy groups -OCH3 is 1. The molecule has 0 heterocycles. The lowest BCUT2D eigenvalue weighted by molar-refractivity contribution is 0.407. The zero-order valence-corrected chi connectivity index (χ0v) is 10.4. The highest BCUT2D eigenvalue weighted by atomic mass is 35.5. The van der Waals surface area contributed by atoms with Crippen molar-refractivity contribution in [1.82, 2.24) is 0 Å². The second-order valence-corrected chi connectivity index (χ2v) is 4.99. The SMILES string of the molecule is COc1c(Cl)cc(Cl)cc1CC1(C#N)CC1. The number of nitriles is 1. The third kappa shape index (κ3) is 2.11. The summed E-state index contributed by atoms with van der Waals surface area (Å²) in [6, 6.07) is 5.82. The zero-order chi connectivity index (χ0) is 11.8. The highest BCUT2D eigenvalue weighted by Gasteiger charge is 2.43. The van der Waals surface area contributed by atoms with Gasteiger partial charge in [0.15, 0.2) is 0 Å². The Hall–Kier alpha value is -0.910. The molecule has 0 amide bonds. The van der Waals surface area contributed by atoms with Crippen LogP contribution in [0, 0.1) is 16.7 Å². The van der Waals surface area contributed by atoms with Gasteiger partial charge in [-0.25, -0.2) is 0 Å². The molecule has 0 spiro atoms. The third-order valence-electron chi connectivity index (χ3n) is 2.91. The predicted molar refractivity (Wildman–Crippen MR) is 64.0 cm³/mol. The van der Waals surface area contributed by atoms with Crippen LogP contribution in [0.3, 0.4) is 0 Å². The van der Waals surface area contributed by atoms with E-state index in [1.807, 2.05) is 6.07 Å². The molecule has 0 bridgehead atoms. The fraction of sp³-hybridized carbons (Fsp3) is 0.417. The van der Waals surface area contributed by atoms with Crippen LogP contribution < -0.4 is 4.74 Å². The van der Waals surface area contributed by atoms with E-state index < -0.39 is 0 Å². The Morgan fingerprint density at radius 3 is 2.62 bits per heavy atom. The molecule has 1 saturated carbocycles. The Bertz CT molecular complexity index is 461. The monoisotopic (exact) mass is 255 g/mol. The maximum atomic E-state index is 9.06. The van der Waals surface area contributed by atoms with Gasteiger partial charge in [-0.3, -0.25) is 0 Å². The van der Waals surface area contributed by atoms with Gasteiger partial charge >= 0.3 is 0 Å². The third-order valence-corrected chi connectivity index (χ3v) is 3.41. The molecule has 0 N–H and O–H groups in total. The quantitative estimate of drug-likeness (QED) is 0.822. The van der Waals surface area contributed by atoms with E-state index >= 15 is 0 Å². The molecule has 1 aliphatic rings. The number of hydrogen-bond acceptors (Lipinski definition) is 2. The van der Waals surface area contributed by atoms with Gasteiger partial charge in [0.2, 0.25) is 0 Å². The van der Waals surface area contributed by atoms with E-state index in [1.54, 1.807) is 13.2 Å². The van der Waals surface area contributed by atoms with Gasteiger partial charge in [0.1, 0.15) is 5.75 Å². The van der Waals surface area contributed by atoms with Crippen molar-refractivity contribution in [1.29, 1.82) is 5.26 Å². The molecule has 0 radical (unpaired) electrons. The molecule has 0 saturated heterocycles. The number of halogens is 2. The summed E-state index contributed by atoms with van der Waals surface area (Å²) in [6.07, 6.45) is 2.54. The number of rotatable bonds is 3. The van der Waals surface area contributed by atoms with Crippen molar-refractivity contribution in [3.8, 4) is 11.8 Å². The van der Waals surface area contributed by atoms with E-state index in [-0.39, 0.29) is 5.41 Å². The standard InChI is InChI=1S/C12H11Cl2NO/c1-16-11-8(4-9(13)5-10(11)14)6-12(7-15)2-3-12/h4-5H,2-3,6H2,1H3. The van der Waals surface area contributed by atoms with Crippen molar-refractivity contribution in [3.63, 3.8) is 0 Å². The maximum Gasteiger partial charge on any atom is 0.140 e. The van der Waals surface area contributed by atoms with Crippen molar-refractivity contribution in [2.24, 2.45) is 5.41 Å². The molecule has 0 unspecified atom stereocenters. The van der Waals surface area contributed by atoms with Crippen molar-refractivity contribution in [2.45, 2.75) is 19.3 Å². The fourth-order valence-corrected chi connectivity index (χ4v) is 2.43. The summed E-state index contributed by atoms with van der Waals surface area (Å²) in [7, 11) is 1.57. The van der Waals surface area contributed by atoms with Gasteiger partial charge in [0.05, 0.1) is 23.6 Å². The van der Waals surface area contributed by atoms with Crippen molar-refractivity contribution in [3.05, 3.63) is 27.7 Å². The van der Waals surface area contributed by atoms with Gasteiger partial charge in [-0.15, -0.1) is 0 Å². The minimum atomic E-state index is -0.221. The lowest BCUT2D eigenvalue weighted by atomic mass is 9.97. The van der Waals surface area contributed by atoms with Crippen molar-refractivity contribution in [2.75, 3.05) is 7.11 Å². The first-order chi connectivity index (χ1) is 7.60. The van der Waals surface area contributed by atoms with Crippen LogP contribution in [0.15, 0.2) is 12.1 Å². The molecule has 2 nitrogen and oxygen atoms in total. The van der Waals surface area contributed by atoms with Crippen LogP contribution >= 0.6 is 23.2 Å². The van der Waals surface area contributed by atoms with Crippen LogP contribution in [0.2, 0.25) is 10.0 Å². The van der Waals surface area contributed by atoms with Crippen LogP contribution in [-0.2, 0) is 6.42 Å². The number of benzene rings is 1. The summed E-state index contributed by atoms with van der Waals surface area (Å²) < 4.78 is 5.25. The highest BCUT2D eigenvalue weighted by Crippen LogP contribution is 2.49. The molecule has 0 aromatic heterocycles. The summed E-state index contributed by atoms with van der Waals surface area (Å²) >= 11 is 12.0. The van der Waals surface area contributed by atoms with Gasteiger partial charge in [0.25, 0.3) is 0 Å². The molecule has 1 aromatic rings. The summed E-state index contributed by atoms with van der Waals surface area (Å²) in [5, 5.41) is 10.1. The number of ether oxygens (including phenoxy) is 1. The molecular formula is C12H11Cl2NO. The van der Waals surface area contributed by atoms with Gasteiger partial charge in [0, 0.05) is 5.02 Å². The smallest absolute Gasteiger partial charge is 0.140 e. The van der Waals surface area contributed by atoms with Gasteiger partial charge in [-0.2, -0.15) is 5.26 Å². The Morgan fingerprint density at radius 1 is 1.44 bits per heavy atom. The van der Waals surface area contributed by atoms with Crippen LogP contribution in [0.5, 0.6) is 5.75 Å². The fourth-order valence-electron chi connectivity index (χ4n) is 1.82. The molecule has 1 aliphatic carbocycles. The maximum absolute atomic E-state index is 9.06. The van der Waals surface area contributed by atoms with E-state index in [4.69, 9.17) is 33.2 Å². The first-order valence-electron chi connectivity index (χ1n) is 5.03. The van der Waals surface area contributed by atoms with E-state index in [0.717, 1.165) is 18.4 Å². The molecule has 4 heteroatoms. The van der Waals surface area contributed by atoms with Crippen molar-refractivity contribution < 1.29 is 4.74 Å². The molecule has 1 fully saturated rings. The molecule has 84 valence electrons. The minimum absolute atomic E-state index is 0.221. The molecule has 16 heavy (non-hydrogen) atoms. The average molecular weight is 256 g/mol. The Labute approximate surface area is 105 Å². The number of nitrogens with zero attached hydrogens (tertiary/aromatic N) is 1. The minimum Gasteiger partial charge on any atom is -0.495 e. The summed E-state index contributed by atoms with van der Waals surface area (Å²) in [6.45, 7) is 0. The molecule has 1 aromatic carbocycles. The normalized spacial score (nSPS) is 16.6. The second-order valence-electron chi connectivity index (χ2n) is 4.15. The van der Waals surface area contributed by atoms with E-state index in [2.05, 4.69) is 6.07 Å². The predicted octanol–water partition coefficient (Wildman–Crippen LogP) is 3.85. The lowest BCUT2D eigenvalue weighted by Gasteiger charge is -2.13. The van der Waals surface area contributed by atoms with Crippen LogP contribution in [-0.4, -0.2) is 7.11 Å². The molecule has 2 rings (SSSR count). The van der Waals surface area contributed by atoms with E-state index in [1.165, 1.54) is 0 Å². The van der Waals surface area contributed by atoms with Crippen LogP contribution in [0.4, 0.5) is 0 Å². The average Bonchev–Trinajstić information content (AvgIpc) is 2.98. The highest BCUT2D eigenvalue weighted by molar-refractivity contribution is 6.35. The first kappa shape index (κ1) is 11.6. The topological polar surface area (TPSA) is 33.0 Å². The molecular weight excluding hydrogens is 245 g/mol. The Balaban J connectivity index is 2.36. The van der Waals surface area contributed by atoms with E-state index in [0.29, 0.717) is 22.2 Å². The van der Waals surface area contributed by atoms with Crippen LogP contribution in [0.1, 0.15) is 18.4 Å². The lowest BCUT2D eigenvalue weighted by Crippen LogP contribution is -2.03. The first-order valence-corrected chi connectivity index (χ1v) is 5.79. The Morgan fingerprint density at radius 2 is 2.12 bits per heavy atom. The Kier molecular flexibility index (Phi) is 3.01. The van der Waals surface area contributed by atoms with Gasteiger partial charge in [-0.1, -0.05) is 23.2 Å². The van der Waals surface area contributed by atoms with Crippen molar-refractivity contribution >= 4 is 23.2 Å². The summed E-state index contributed by atoms with van der Waals surface area (Å²) in [4.78, 5) is 0. The number of hydrogen-bond donors (Lipinski definition) is 0. The van der Waals surface area contributed by atoms with Gasteiger partial charge in [-0.05, 0) is 37.0 Å². The summed E-state index contributed by atoms with van der Waals surface area (Å²) in [5.74, 6) is 0.632. The molecule has 0 atom stereocenters.